The maximum absolute atomic E-state index is 12.7. The second kappa shape index (κ2) is 9.50. The zero-order chi connectivity index (χ0) is 19.1. The van der Waals surface area contributed by atoms with Gasteiger partial charge in [-0.05, 0) is 43.5 Å². The SMILES string of the molecule is O=C(NCCCn1ccnn1)[C@H]1CCCC[C@H]1C(=O)Nc1ccc(Cl)cc1. The number of hydrogen-bond donors (Lipinski definition) is 2. The lowest BCUT2D eigenvalue weighted by Crippen LogP contribution is -2.42. The Morgan fingerprint density at radius 1 is 1.11 bits per heavy atom. The van der Waals surface area contributed by atoms with Crippen LogP contribution >= 0.6 is 11.6 Å². The number of rotatable bonds is 7. The lowest BCUT2D eigenvalue weighted by atomic mass is 9.78. The van der Waals surface area contributed by atoms with E-state index in [1.807, 2.05) is 0 Å². The van der Waals surface area contributed by atoms with Crippen LogP contribution in [0.25, 0.3) is 0 Å². The van der Waals surface area contributed by atoms with Crippen molar-refractivity contribution in [2.24, 2.45) is 11.8 Å². The van der Waals surface area contributed by atoms with Crippen molar-refractivity contribution in [1.29, 1.82) is 0 Å². The summed E-state index contributed by atoms with van der Waals surface area (Å²) >= 11 is 5.88. The standard InChI is InChI=1S/C19H24ClN5O2/c20-14-6-8-15(9-7-14)23-19(27)17-5-2-1-4-16(17)18(26)21-10-3-12-25-13-11-22-24-25/h6-9,11,13,16-17H,1-5,10,12H2,(H,21,26)(H,23,27)/t16-,17+/m0/s1. The highest BCUT2D eigenvalue weighted by Gasteiger charge is 2.35. The van der Waals surface area contributed by atoms with Crippen molar-refractivity contribution in [1.82, 2.24) is 20.3 Å². The number of amides is 2. The highest BCUT2D eigenvalue weighted by Crippen LogP contribution is 2.31. The van der Waals surface area contributed by atoms with Crippen LogP contribution in [-0.2, 0) is 16.1 Å². The van der Waals surface area contributed by atoms with Crippen molar-refractivity contribution < 1.29 is 9.59 Å². The van der Waals surface area contributed by atoms with Crippen LogP contribution in [0.4, 0.5) is 5.69 Å². The average Bonchev–Trinajstić information content (AvgIpc) is 3.20. The molecule has 0 spiro atoms. The smallest absolute Gasteiger partial charge is 0.228 e. The van der Waals surface area contributed by atoms with E-state index >= 15 is 0 Å². The van der Waals surface area contributed by atoms with Gasteiger partial charge in [0.15, 0.2) is 0 Å². The molecule has 27 heavy (non-hydrogen) atoms. The summed E-state index contributed by atoms with van der Waals surface area (Å²) in [4.78, 5) is 25.3. The van der Waals surface area contributed by atoms with Crippen molar-refractivity contribution in [3.63, 3.8) is 0 Å². The molecule has 2 amide bonds. The van der Waals surface area contributed by atoms with Gasteiger partial charge in [-0.2, -0.15) is 0 Å². The van der Waals surface area contributed by atoms with Gasteiger partial charge in [-0.3, -0.25) is 14.3 Å². The largest absolute Gasteiger partial charge is 0.356 e. The molecular formula is C19H24ClN5O2. The van der Waals surface area contributed by atoms with Crippen LogP contribution in [0.2, 0.25) is 5.02 Å². The first-order valence-corrected chi connectivity index (χ1v) is 9.69. The van der Waals surface area contributed by atoms with E-state index in [0.717, 1.165) is 32.1 Å². The Balaban J connectivity index is 1.51. The molecule has 1 aromatic heterocycles. The zero-order valence-electron chi connectivity index (χ0n) is 15.1. The number of aromatic nitrogens is 3. The first-order chi connectivity index (χ1) is 13.1. The Morgan fingerprint density at radius 3 is 2.48 bits per heavy atom. The van der Waals surface area contributed by atoms with Crippen LogP contribution in [0, 0.1) is 11.8 Å². The van der Waals surface area contributed by atoms with Crippen LogP contribution in [0.1, 0.15) is 32.1 Å². The highest BCUT2D eigenvalue weighted by molar-refractivity contribution is 6.30. The van der Waals surface area contributed by atoms with Crippen molar-refractivity contribution >= 4 is 29.1 Å². The fourth-order valence-electron chi connectivity index (χ4n) is 3.46. The van der Waals surface area contributed by atoms with Crippen molar-refractivity contribution in [2.45, 2.75) is 38.6 Å². The van der Waals surface area contributed by atoms with Gasteiger partial charge in [0.1, 0.15) is 0 Å². The minimum atomic E-state index is -0.301. The van der Waals surface area contributed by atoms with Crippen LogP contribution in [0.3, 0.4) is 0 Å². The minimum absolute atomic E-state index is 0.0375. The number of aryl methyl sites for hydroxylation is 1. The summed E-state index contributed by atoms with van der Waals surface area (Å²) in [7, 11) is 0. The van der Waals surface area contributed by atoms with Crippen molar-refractivity contribution in [3.05, 3.63) is 41.7 Å². The van der Waals surface area contributed by atoms with Crippen LogP contribution < -0.4 is 10.6 Å². The third kappa shape index (κ3) is 5.53. The molecule has 2 atom stereocenters. The van der Waals surface area contributed by atoms with Gasteiger partial charge in [-0.15, -0.1) is 5.10 Å². The van der Waals surface area contributed by atoms with Gasteiger partial charge in [0.25, 0.3) is 0 Å². The Hall–Kier alpha value is -2.41. The maximum Gasteiger partial charge on any atom is 0.228 e. The van der Waals surface area contributed by atoms with E-state index in [4.69, 9.17) is 11.6 Å². The van der Waals surface area contributed by atoms with Gasteiger partial charge < -0.3 is 10.6 Å². The third-order valence-electron chi connectivity index (χ3n) is 4.89. The van der Waals surface area contributed by atoms with E-state index in [-0.39, 0.29) is 23.7 Å². The van der Waals surface area contributed by atoms with E-state index in [1.54, 1.807) is 41.3 Å². The van der Waals surface area contributed by atoms with Gasteiger partial charge in [0.05, 0.1) is 6.20 Å². The molecule has 0 aliphatic heterocycles. The first-order valence-electron chi connectivity index (χ1n) is 9.32. The molecule has 1 aliphatic carbocycles. The molecule has 1 fully saturated rings. The van der Waals surface area contributed by atoms with Gasteiger partial charge in [0, 0.05) is 41.8 Å². The van der Waals surface area contributed by atoms with Crippen molar-refractivity contribution in [2.75, 3.05) is 11.9 Å². The summed E-state index contributed by atoms with van der Waals surface area (Å²) in [6, 6.07) is 7.00. The van der Waals surface area contributed by atoms with Gasteiger partial charge in [-0.1, -0.05) is 29.7 Å². The van der Waals surface area contributed by atoms with Crippen molar-refractivity contribution in [3.8, 4) is 0 Å². The molecule has 0 radical (unpaired) electrons. The maximum atomic E-state index is 12.7. The molecule has 1 saturated carbocycles. The molecule has 2 N–H and O–H groups in total. The summed E-state index contributed by atoms with van der Waals surface area (Å²) in [6.07, 6.45) is 7.61. The molecule has 144 valence electrons. The number of anilines is 1. The fourth-order valence-corrected chi connectivity index (χ4v) is 3.59. The summed E-state index contributed by atoms with van der Waals surface area (Å²) in [5, 5.41) is 14.2. The predicted molar refractivity (Wildman–Crippen MR) is 103 cm³/mol. The lowest BCUT2D eigenvalue weighted by Gasteiger charge is -2.29. The second-order valence-electron chi connectivity index (χ2n) is 6.80. The third-order valence-corrected chi connectivity index (χ3v) is 5.14. The highest BCUT2D eigenvalue weighted by atomic mass is 35.5. The number of nitrogens with one attached hydrogen (secondary N) is 2. The number of benzene rings is 1. The Kier molecular flexibility index (Phi) is 6.81. The summed E-state index contributed by atoms with van der Waals surface area (Å²) in [5.41, 5.74) is 0.696. The van der Waals surface area contributed by atoms with E-state index in [1.165, 1.54) is 0 Å². The lowest BCUT2D eigenvalue weighted by molar-refractivity contribution is -0.134. The number of nitrogens with zero attached hydrogens (tertiary/aromatic N) is 3. The molecule has 7 nitrogen and oxygen atoms in total. The van der Waals surface area contributed by atoms with E-state index in [2.05, 4.69) is 20.9 Å². The molecule has 8 heteroatoms. The monoisotopic (exact) mass is 389 g/mol. The summed E-state index contributed by atoms with van der Waals surface area (Å²) in [5.74, 6) is -0.716. The van der Waals surface area contributed by atoms with Crippen LogP contribution in [0.15, 0.2) is 36.7 Å². The molecule has 3 rings (SSSR count). The molecule has 1 aromatic carbocycles. The van der Waals surface area contributed by atoms with E-state index in [9.17, 15) is 9.59 Å². The van der Waals surface area contributed by atoms with E-state index in [0.29, 0.717) is 23.8 Å². The molecule has 0 unspecified atom stereocenters. The van der Waals surface area contributed by atoms with E-state index < -0.39 is 0 Å². The zero-order valence-corrected chi connectivity index (χ0v) is 15.9. The predicted octanol–water partition coefficient (Wildman–Crippen LogP) is 2.88. The number of carbonyl (C=O) groups excluding carboxylic acids is 2. The quantitative estimate of drug-likeness (QED) is 0.712. The molecule has 0 bridgehead atoms. The Morgan fingerprint density at radius 2 is 1.81 bits per heavy atom. The fraction of sp³-hybridized carbons (Fsp3) is 0.474. The Labute approximate surface area is 163 Å². The van der Waals surface area contributed by atoms with Gasteiger partial charge in [0.2, 0.25) is 11.8 Å². The second-order valence-corrected chi connectivity index (χ2v) is 7.24. The molecular weight excluding hydrogens is 366 g/mol. The van der Waals surface area contributed by atoms with Gasteiger partial charge in [-0.25, -0.2) is 0 Å². The summed E-state index contributed by atoms with van der Waals surface area (Å²) in [6.45, 7) is 1.26. The normalized spacial score (nSPS) is 19.4. The number of hydrogen-bond acceptors (Lipinski definition) is 4. The molecule has 0 saturated heterocycles. The minimum Gasteiger partial charge on any atom is -0.356 e. The van der Waals surface area contributed by atoms with Crippen LogP contribution in [-0.4, -0.2) is 33.4 Å². The van der Waals surface area contributed by atoms with Crippen LogP contribution in [0.5, 0.6) is 0 Å². The average molecular weight is 390 g/mol. The summed E-state index contributed by atoms with van der Waals surface area (Å²) < 4.78 is 1.73. The topological polar surface area (TPSA) is 88.9 Å². The molecule has 2 aromatic rings. The molecule has 1 aliphatic rings. The number of halogens is 1. The first kappa shape index (κ1) is 19.4. The Bertz CT molecular complexity index is 748. The molecule has 1 heterocycles. The van der Waals surface area contributed by atoms with Gasteiger partial charge >= 0.3 is 0 Å². The number of carbonyl (C=O) groups is 2.